The Hall–Kier alpha value is -2.69. The van der Waals surface area contributed by atoms with Crippen LogP contribution < -0.4 is 0 Å². The summed E-state index contributed by atoms with van der Waals surface area (Å²) in [6.45, 7) is 0. The second-order valence-corrected chi connectivity index (χ2v) is 4.34. The standard InChI is InChI=1S/C15H11FN2O2/c16-13-7-2-1-6-12(13)15-17-14(20-18-15)9-10-4-3-5-11(19)8-10/h1-8,19H,9H2. The molecule has 4 nitrogen and oxygen atoms in total. The number of hydrogen-bond donors (Lipinski definition) is 1. The molecule has 1 N–H and O–H groups in total. The van der Waals surface area contributed by atoms with Gasteiger partial charge in [-0.15, -0.1) is 0 Å². The molecule has 0 aliphatic rings. The molecule has 0 aliphatic heterocycles. The molecule has 5 heteroatoms. The van der Waals surface area contributed by atoms with Gasteiger partial charge in [-0.3, -0.25) is 0 Å². The SMILES string of the molecule is Oc1cccc(Cc2nc(-c3ccccc3F)no2)c1. The first-order chi connectivity index (χ1) is 9.72. The van der Waals surface area contributed by atoms with Gasteiger partial charge in [0.1, 0.15) is 11.6 Å². The molecule has 0 radical (unpaired) electrons. The van der Waals surface area contributed by atoms with Gasteiger partial charge in [-0.2, -0.15) is 4.98 Å². The van der Waals surface area contributed by atoms with Crippen LogP contribution in [-0.2, 0) is 6.42 Å². The molecule has 1 aromatic heterocycles. The fourth-order valence-electron chi connectivity index (χ4n) is 1.92. The first-order valence-electron chi connectivity index (χ1n) is 6.08. The number of aromatic nitrogens is 2. The molecule has 20 heavy (non-hydrogen) atoms. The van der Waals surface area contributed by atoms with Gasteiger partial charge in [-0.1, -0.05) is 29.4 Å². The Kier molecular flexibility index (Phi) is 3.16. The zero-order chi connectivity index (χ0) is 13.9. The molecule has 0 unspecified atom stereocenters. The summed E-state index contributed by atoms with van der Waals surface area (Å²) in [6, 6.07) is 13.0. The van der Waals surface area contributed by atoms with Crippen molar-refractivity contribution in [1.29, 1.82) is 0 Å². The Morgan fingerprint density at radius 3 is 2.75 bits per heavy atom. The van der Waals surface area contributed by atoms with Gasteiger partial charge in [0.05, 0.1) is 12.0 Å². The number of benzene rings is 2. The average molecular weight is 270 g/mol. The maximum Gasteiger partial charge on any atom is 0.231 e. The van der Waals surface area contributed by atoms with Crippen LogP contribution in [0.1, 0.15) is 11.5 Å². The predicted octanol–water partition coefficient (Wildman–Crippen LogP) is 3.17. The molecule has 3 rings (SSSR count). The number of phenols is 1. The van der Waals surface area contributed by atoms with Gasteiger partial charge in [-0.25, -0.2) is 4.39 Å². The van der Waals surface area contributed by atoms with Crippen molar-refractivity contribution in [1.82, 2.24) is 10.1 Å². The van der Waals surface area contributed by atoms with E-state index < -0.39 is 5.82 Å². The van der Waals surface area contributed by atoms with Crippen LogP contribution in [0.4, 0.5) is 4.39 Å². The Morgan fingerprint density at radius 2 is 1.95 bits per heavy atom. The van der Waals surface area contributed by atoms with Crippen LogP contribution >= 0.6 is 0 Å². The van der Waals surface area contributed by atoms with Gasteiger partial charge in [-0.05, 0) is 29.8 Å². The van der Waals surface area contributed by atoms with E-state index in [2.05, 4.69) is 10.1 Å². The lowest BCUT2D eigenvalue weighted by Gasteiger charge is -1.97. The molecular formula is C15H11FN2O2. The van der Waals surface area contributed by atoms with Crippen LogP contribution in [0.15, 0.2) is 53.1 Å². The number of nitrogens with zero attached hydrogens (tertiary/aromatic N) is 2. The lowest BCUT2D eigenvalue weighted by molar-refractivity contribution is 0.385. The van der Waals surface area contributed by atoms with Gasteiger partial charge in [0.25, 0.3) is 0 Å². The van der Waals surface area contributed by atoms with E-state index in [0.717, 1.165) is 5.56 Å². The highest BCUT2D eigenvalue weighted by molar-refractivity contribution is 5.54. The maximum absolute atomic E-state index is 13.6. The summed E-state index contributed by atoms with van der Waals surface area (Å²) in [5.41, 5.74) is 1.15. The second-order valence-electron chi connectivity index (χ2n) is 4.34. The summed E-state index contributed by atoms with van der Waals surface area (Å²) in [4.78, 5) is 4.17. The highest BCUT2D eigenvalue weighted by atomic mass is 19.1. The van der Waals surface area contributed by atoms with Crippen molar-refractivity contribution < 1.29 is 14.0 Å². The normalized spacial score (nSPS) is 10.7. The van der Waals surface area contributed by atoms with Crippen molar-refractivity contribution in [3.8, 4) is 17.1 Å². The Morgan fingerprint density at radius 1 is 1.10 bits per heavy atom. The van der Waals surface area contributed by atoms with E-state index in [1.807, 2.05) is 6.07 Å². The first-order valence-corrected chi connectivity index (χ1v) is 6.08. The van der Waals surface area contributed by atoms with E-state index in [9.17, 15) is 9.50 Å². The minimum absolute atomic E-state index is 0.177. The maximum atomic E-state index is 13.6. The molecule has 100 valence electrons. The highest BCUT2D eigenvalue weighted by Crippen LogP contribution is 2.20. The van der Waals surface area contributed by atoms with Crippen molar-refractivity contribution in [3.63, 3.8) is 0 Å². The largest absolute Gasteiger partial charge is 0.508 e. The summed E-state index contributed by atoms with van der Waals surface area (Å²) in [5.74, 6) is 0.376. The van der Waals surface area contributed by atoms with Crippen LogP contribution in [-0.4, -0.2) is 15.2 Å². The van der Waals surface area contributed by atoms with E-state index in [4.69, 9.17) is 4.52 Å². The molecule has 0 saturated heterocycles. The smallest absolute Gasteiger partial charge is 0.231 e. The van der Waals surface area contributed by atoms with Crippen LogP contribution in [0.2, 0.25) is 0 Å². The summed E-state index contributed by atoms with van der Waals surface area (Å²) < 4.78 is 18.7. The molecule has 0 spiro atoms. The van der Waals surface area contributed by atoms with Crippen molar-refractivity contribution in [2.24, 2.45) is 0 Å². The molecule has 0 atom stereocenters. The van der Waals surface area contributed by atoms with Crippen molar-refractivity contribution in [3.05, 3.63) is 65.8 Å². The Labute approximate surface area is 114 Å². The van der Waals surface area contributed by atoms with Crippen LogP contribution in [0.3, 0.4) is 0 Å². The van der Waals surface area contributed by atoms with Gasteiger partial charge < -0.3 is 9.63 Å². The van der Waals surface area contributed by atoms with Crippen LogP contribution in [0.25, 0.3) is 11.4 Å². The number of rotatable bonds is 3. The number of halogens is 1. The van der Waals surface area contributed by atoms with E-state index in [-0.39, 0.29) is 11.6 Å². The third-order valence-electron chi connectivity index (χ3n) is 2.85. The monoisotopic (exact) mass is 270 g/mol. The third kappa shape index (κ3) is 2.51. The summed E-state index contributed by atoms with van der Waals surface area (Å²) >= 11 is 0. The van der Waals surface area contributed by atoms with Crippen molar-refractivity contribution in [2.45, 2.75) is 6.42 Å². The fraction of sp³-hybridized carbons (Fsp3) is 0.0667. The zero-order valence-corrected chi connectivity index (χ0v) is 10.5. The number of aromatic hydroxyl groups is 1. The quantitative estimate of drug-likeness (QED) is 0.794. The second kappa shape index (κ2) is 5.13. The number of phenolic OH excluding ortho intramolecular Hbond substituents is 1. The van der Waals surface area contributed by atoms with E-state index >= 15 is 0 Å². The van der Waals surface area contributed by atoms with Crippen LogP contribution in [0, 0.1) is 5.82 Å². The highest BCUT2D eigenvalue weighted by Gasteiger charge is 2.12. The fourth-order valence-corrected chi connectivity index (χ4v) is 1.92. The minimum atomic E-state index is -0.391. The zero-order valence-electron chi connectivity index (χ0n) is 10.5. The molecule has 0 saturated carbocycles. The van der Waals surface area contributed by atoms with E-state index in [1.165, 1.54) is 6.07 Å². The van der Waals surface area contributed by atoms with Crippen LogP contribution in [0.5, 0.6) is 5.75 Å². The van der Waals surface area contributed by atoms with Gasteiger partial charge >= 0.3 is 0 Å². The topological polar surface area (TPSA) is 59.2 Å². The minimum Gasteiger partial charge on any atom is -0.508 e. The molecule has 0 fully saturated rings. The van der Waals surface area contributed by atoms with E-state index in [0.29, 0.717) is 17.9 Å². The van der Waals surface area contributed by atoms with Crippen molar-refractivity contribution >= 4 is 0 Å². The summed E-state index contributed by atoms with van der Waals surface area (Å²) in [5, 5.41) is 13.2. The summed E-state index contributed by atoms with van der Waals surface area (Å²) in [6.07, 6.45) is 0.385. The number of hydrogen-bond acceptors (Lipinski definition) is 4. The molecule has 3 aromatic rings. The molecule has 0 aliphatic carbocycles. The third-order valence-corrected chi connectivity index (χ3v) is 2.85. The molecular weight excluding hydrogens is 259 g/mol. The average Bonchev–Trinajstić information content (AvgIpc) is 2.87. The van der Waals surface area contributed by atoms with Gasteiger partial charge in [0.15, 0.2) is 0 Å². The van der Waals surface area contributed by atoms with Gasteiger partial charge in [0.2, 0.25) is 11.7 Å². The van der Waals surface area contributed by atoms with Crippen molar-refractivity contribution in [2.75, 3.05) is 0 Å². The lowest BCUT2D eigenvalue weighted by atomic mass is 10.1. The molecule has 0 amide bonds. The van der Waals surface area contributed by atoms with E-state index in [1.54, 1.807) is 36.4 Å². The molecule has 0 bridgehead atoms. The molecule has 1 heterocycles. The Bertz CT molecular complexity index is 740. The molecule has 2 aromatic carbocycles. The summed E-state index contributed by atoms with van der Waals surface area (Å²) in [7, 11) is 0. The lowest BCUT2D eigenvalue weighted by Crippen LogP contribution is -1.89. The van der Waals surface area contributed by atoms with Gasteiger partial charge in [0, 0.05) is 0 Å². The first kappa shape index (κ1) is 12.3. The Balaban J connectivity index is 1.86. The predicted molar refractivity (Wildman–Crippen MR) is 70.6 cm³/mol.